The fraction of sp³-hybridized carbons (Fsp3) is 0.500. The first kappa shape index (κ1) is 8.77. The van der Waals surface area contributed by atoms with Crippen molar-refractivity contribution >= 4 is 5.69 Å². The lowest BCUT2D eigenvalue weighted by Crippen LogP contribution is -2.24. The highest BCUT2D eigenvalue weighted by molar-refractivity contribution is 5.29. The average molecular weight is 167 g/mol. The van der Waals surface area contributed by atoms with Crippen molar-refractivity contribution in [3.63, 3.8) is 0 Å². The Labute approximate surface area is 71.0 Å². The molecule has 1 aromatic heterocycles. The van der Waals surface area contributed by atoms with E-state index in [4.69, 9.17) is 5.73 Å². The topological polar surface area (TPSA) is 60.9 Å². The molecule has 0 fully saturated rings. The van der Waals surface area contributed by atoms with Crippen LogP contribution in [0.3, 0.4) is 0 Å². The number of rotatable bonds is 2. The van der Waals surface area contributed by atoms with Crippen LogP contribution in [-0.2, 0) is 6.54 Å². The van der Waals surface area contributed by atoms with E-state index in [1.807, 2.05) is 13.8 Å². The summed E-state index contributed by atoms with van der Waals surface area (Å²) < 4.78 is 1.53. The maximum atomic E-state index is 11.1. The molecular weight excluding hydrogens is 154 g/mol. The van der Waals surface area contributed by atoms with Gasteiger partial charge in [0.1, 0.15) is 0 Å². The number of hydrogen-bond acceptors (Lipinski definition) is 3. The molecule has 1 rings (SSSR count). The summed E-state index contributed by atoms with van der Waals surface area (Å²) in [6.45, 7) is 4.74. The van der Waals surface area contributed by atoms with Crippen LogP contribution in [0.25, 0.3) is 0 Å². The lowest BCUT2D eigenvalue weighted by Gasteiger charge is -2.07. The molecule has 0 aliphatic heterocycles. The van der Waals surface area contributed by atoms with Crippen LogP contribution in [0.2, 0.25) is 0 Å². The molecule has 0 spiro atoms. The van der Waals surface area contributed by atoms with E-state index in [1.54, 1.807) is 6.20 Å². The monoisotopic (exact) mass is 167 g/mol. The molecule has 0 unspecified atom stereocenters. The first-order chi connectivity index (χ1) is 5.59. The maximum Gasteiger partial charge on any atom is 0.347 e. The van der Waals surface area contributed by atoms with E-state index >= 15 is 0 Å². The first-order valence-electron chi connectivity index (χ1n) is 3.91. The van der Waals surface area contributed by atoms with E-state index in [0.717, 1.165) is 0 Å². The molecule has 4 heteroatoms. The van der Waals surface area contributed by atoms with Crippen LogP contribution < -0.4 is 11.4 Å². The first-order valence-corrected chi connectivity index (χ1v) is 3.91. The van der Waals surface area contributed by atoms with Crippen molar-refractivity contribution in [1.29, 1.82) is 0 Å². The second-order valence-corrected chi connectivity index (χ2v) is 3.22. The van der Waals surface area contributed by atoms with Gasteiger partial charge in [0.2, 0.25) is 0 Å². The summed E-state index contributed by atoms with van der Waals surface area (Å²) in [5.74, 6) is 0.422. The van der Waals surface area contributed by atoms with Gasteiger partial charge in [-0.3, -0.25) is 4.57 Å². The Bertz CT molecular complexity index is 316. The zero-order valence-electron chi connectivity index (χ0n) is 7.32. The van der Waals surface area contributed by atoms with E-state index < -0.39 is 0 Å². The second kappa shape index (κ2) is 3.38. The molecule has 0 atom stereocenters. The minimum atomic E-state index is -0.238. The fourth-order valence-corrected chi connectivity index (χ4v) is 0.997. The maximum absolute atomic E-state index is 11.1. The van der Waals surface area contributed by atoms with Crippen LogP contribution in [0, 0.1) is 5.92 Å². The Kier molecular flexibility index (Phi) is 2.47. The summed E-state index contributed by atoms with van der Waals surface area (Å²) in [5.41, 5.74) is 5.77. The molecule has 2 N–H and O–H groups in total. The van der Waals surface area contributed by atoms with Crippen LogP contribution in [0.15, 0.2) is 17.2 Å². The Morgan fingerprint density at radius 1 is 1.67 bits per heavy atom. The molecule has 0 aliphatic rings. The van der Waals surface area contributed by atoms with E-state index in [0.29, 0.717) is 18.2 Å². The largest absolute Gasteiger partial charge is 0.396 e. The molecular formula is C8H13N3O. The zero-order valence-corrected chi connectivity index (χ0v) is 7.32. The van der Waals surface area contributed by atoms with Crippen molar-refractivity contribution in [2.24, 2.45) is 5.92 Å². The Balaban J connectivity index is 2.98. The molecule has 0 amide bonds. The highest BCUT2D eigenvalue weighted by Gasteiger charge is 1.99. The molecule has 1 aromatic rings. The van der Waals surface area contributed by atoms with E-state index in [2.05, 4.69) is 4.98 Å². The number of aromatic nitrogens is 2. The number of hydrogen-bond donors (Lipinski definition) is 1. The third-order valence-corrected chi connectivity index (χ3v) is 1.44. The minimum absolute atomic E-state index is 0.238. The van der Waals surface area contributed by atoms with Crippen LogP contribution in [-0.4, -0.2) is 9.55 Å². The standard InChI is InChI=1S/C8H13N3O/c1-6(2)4-11-5-7(9)3-10-8(11)12/h3,5-6H,4,9H2,1-2H3. The summed E-state index contributed by atoms with van der Waals surface area (Å²) in [7, 11) is 0. The lowest BCUT2D eigenvalue weighted by atomic mass is 10.2. The van der Waals surface area contributed by atoms with Gasteiger partial charge >= 0.3 is 5.69 Å². The van der Waals surface area contributed by atoms with Gasteiger partial charge in [-0.2, -0.15) is 4.98 Å². The van der Waals surface area contributed by atoms with Gasteiger partial charge in [0, 0.05) is 12.7 Å². The van der Waals surface area contributed by atoms with Crippen molar-refractivity contribution in [2.75, 3.05) is 5.73 Å². The molecule has 0 aromatic carbocycles. The summed E-state index contributed by atoms with van der Waals surface area (Å²) in [5, 5.41) is 0. The minimum Gasteiger partial charge on any atom is -0.396 e. The van der Waals surface area contributed by atoms with E-state index in [-0.39, 0.29) is 5.69 Å². The Morgan fingerprint density at radius 3 is 2.92 bits per heavy atom. The highest BCUT2D eigenvalue weighted by atomic mass is 16.1. The van der Waals surface area contributed by atoms with Crippen LogP contribution >= 0.6 is 0 Å². The summed E-state index contributed by atoms with van der Waals surface area (Å²) in [4.78, 5) is 14.7. The molecule has 0 saturated heterocycles. The fourth-order valence-electron chi connectivity index (χ4n) is 0.997. The third kappa shape index (κ3) is 2.08. The predicted octanol–water partition coefficient (Wildman–Crippen LogP) is 0.482. The molecule has 66 valence electrons. The van der Waals surface area contributed by atoms with Crippen LogP contribution in [0.5, 0.6) is 0 Å². The van der Waals surface area contributed by atoms with Crippen molar-refractivity contribution in [3.05, 3.63) is 22.9 Å². The van der Waals surface area contributed by atoms with Crippen LogP contribution in [0.1, 0.15) is 13.8 Å². The van der Waals surface area contributed by atoms with Crippen molar-refractivity contribution in [1.82, 2.24) is 9.55 Å². The van der Waals surface area contributed by atoms with E-state index in [9.17, 15) is 4.79 Å². The van der Waals surface area contributed by atoms with Gasteiger partial charge in [0.25, 0.3) is 0 Å². The summed E-state index contributed by atoms with van der Waals surface area (Å²) in [6.07, 6.45) is 2.99. The Morgan fingerprint density at radius 2 is 2.33 bits per heavy atom. The van der Waals surface area contributed by atoms with Gasteiger partial charge in [-0.15, -0.1) is 0 Å². The van der Waals surface area contributed by atoms with Crippen molar-refractivity contribution in [3.8, 4) is 0 Å². The molecule has 1 heterocycles. The van der Waals surface area contributed by atoms with Gasteiger partial charge in [-0.1, -0.05) is 13.8 Å². The number of anilines is 1. The third-order valence-electron chi connectivity index (χ3n) is 1.44. The molecule has 0 bridgehead atoms. The summed E-state index contributed by atoms with van der Waals surface area (Å²) in [6, 6.07) is 0. The van der Waals surface area contributed by atoms with Gasteiger partial charge in [0.15, 0.2) is 0 Å². The van der Waals surface area contributed by atoms with Crippen LogP contribution in [0.4, 0.5) is 5.69 Å². The molecule has 0 saturated carbocycles. The quantitative estimate of drug-likeness (QED) is 0.697. The molecule has 0 radical (unpaired) electrons. The highest BCUT2D eigenvalue weighted by Crippen LogP contribution is 1.98. The zero-order chi connectivity index (χ0) is 9.14. The average Bonchev–Trinajstić information content (AvgIpc) is 1.96. The van der Waals surface area contributed by atoms with Crippen molar-refractivity contribution in [2.45, 2.75) is 20.4 Å². The van der Waals surface area contributed by atoms with Gasteiger partial charge in [0.05, 0.1) is 11.9 Å². The SMILES string of the molecule is CC(C)Cn1cc(N)cnc1=O. The van der Waals surface area contributed by atoms with Gasteiger partial charge < -0.3 is 5.73 Å². The second-order valence-electron chi connectivity index (χ2n) is 3.22. The number of nitrogens with zero attached hydrogens (tertiary/aromatic N) is 2. The molecule has 12 heavy (non-hydrogen) atoms. The van der Waals surface area contributed by atoms with Gasteiger partial charge in [-0.25, -0.2) is 4.79 Å². The predicted molar refractivity (Wildman–Crippen MR) is 47.7 cm³/mol. The normalized spacial score (nSPS) is 10.6. The van der Waals surface area contributed by atoms with Crippen molar-refractivity contribution < 1.29 is 0 Å². The smallest absolute Gasteiger partial charge is 0.347 e. The van der Waals surface area contributed by atoms with Gasteiger partial charge in [-0.05, 0) is 5.92 Å². The Hall–Kier alpha value is -1.32. The number of nitrogen functional groups attached to an aromatic ring is 1. The number of nitrogens with two attached hydrogens (primary N) is 1. The lowest BCUT2D eigenvalue weighted by molar-refractivity contribution is 0.504. The van der Waals surface area contributed by atoms with E-state index in [1.165, 1.54) is 10.8 Å². The molecule has 4 nitrogen and oxygen atoms in total. The molecule has 0 aliphatic carbocycles. The summed E-state index contributed by atoms with van der Waals surface area (Å²) >= 11 is 0.